The Morgan fingerprint density at radius 2 is 2.12 bits per heavy atom. The summed E-state index contributed by atoms with van der Waals surface area (Å²) in [6.07, 6.45) is 3.57. The van der Waals surface area contributed by atoms with Crippen LogP contribution in [0.2, 0.25) is 0 Å². The van der Waals surface area contributed by atoms with Gasteiger partial charge in [-0.2, -0.15) is 5.10 Å². The van der Waals surface area contributed by atoms with E-state index in [4.69, 9.17) is 5.73 Å². The number of anilines is 1. The Morgan fingerprint density at radius 3 is 2.88 bits per heavy atom. The molecule has 17 heavy (non-hydrogen) atoms. The number of hydrogen-bond acceptors (Lipinski definition) is 2. The van der Waals surface area contributed by atoms with Gasteiger partial charge in [-0.1, -0.05) is 6.07 Å². The van der Waals surface area contributed by atoms with Gasteiger partial charge in [-0.05, 0) is 43.9 Å². The summed E-state index contributed by atoms with van der Waals surface area (Å²) in [6, 6.07) is 6.06. The molecular weight excluding hydrogens is 210 g/mol. The van der Waals surface area contributed by atoms with Crippen LogP contribution in [-0.4, -0.2) is 9.78 Å². The number of hydrogen-bond donors (Lipinski definition) is 1. The molecule has 1 heterocycles. The second-order valence-corrected chi connectivity index (χ2v) is 4.83. The highest BCUT2D eigenvalue weighted by Crippen LogP contribution is 2.33. The minimum Gasteiger partial charge on any atom is -0.399 e. The average molecular weight is 227 g/mol. The summed E-state index contributed by atoms with van der Waals surface area (Å²) in [5.41, 5.74) is 13.0. The number of nitrogens with zero attached hydrogens (tertiary/aromatic N) is 2. The SMILES string of the molecule is Cc1cc(N)ccc1-c1nn(C)c2c1CCC2. The molecule has 3 rings (SSSR count). The molecule has 0 unspecified atom stereocenters. The Labute approximate surface area is 101 Å². The molecule has 0 aliphatic heterocycles. The number of aryl methyl sites for hydroxylation is 2. The van der Waals surface area contributed by atoms with Crippen molar-refractivity contribution in [2.45, 2.75) is 26.2 Å². The third-order valence-corrected chi connectivity index (χ3v) is 3.62. The van der Waals surface area contributed by atoms with Gasteiger partial charge in [-0.3, -0.25) is 4.68 Å². The van der Waals surface area contributed by atoms with Crippen LogP contribution in [0.25, 0.3) is 11.3 Å². The fraction of sp³-hybridized carbons (Fsp3) is 0.357. The molecule has 0 atom stereocenters. The maximum atomic E-state index is 5.80. The van der Waals surface area contributed by atoms with Crippen LogP contribution in [-0.2, 0) is 19.9 Å². The Kier molecular flexibility index (Phi) is 2.21. The predicted molar refractivity (Wildman–Crippen MR) is 69.8 cm³/mol. The summed E-state index contributed by atoms with van der Waals surface area (Å²) in [6.45, 7) is 2.10. The highest BCUT2D eigenvalue weighted by Gasteiger charge is 2.22. The van der Waals surface area contributed by atoms with Gasteiger partial charge < -0.3 is 5.73 Å². The lowest BCUT2D eigenvalue weighted by molar-refractivity contribution is 0.709. The van der Waals surface area contributed by atoms with Crippen molar-refractivity contribution in [1.29, 1.82) is 0 Å². The Bertz CT molecular complexity index is 581. The van der Waals surface area contributed by atoms with Gasteiger partial charge in [-0.25, -0.2) is 0 Å². The number of aromatic nitrogens is 2. The first-order valence-electron chi connectivity index (χ1n) is 6.08. The van der Waals surface area contributed by atoms with Crippen molar-refractivity contribution in [3.63, 3.8) is 0 Å². The summed E-state index contributed by atoms with van der Waals surface area (Å²) >= 11 is 0. The van der Waals surface area contributed by atoms with Crippen molar-refractivity contribution in [3.05, 3.63) is 35.0 Å². The fourth-order valence-corrected chi connectivity index (χ4v) is 2.78. The summed E-state index contributed by atoms with van der Waals surface area (Å²) in [4.78, 5) is 0. The molecule has 3 nitrogen and oxygen atoms in total. The van der Waals surface area contributed by atoms with Crippen LogP contribution in [0.15, 0.2) is 18.2 Å². The second kappa shape index (κ2) is 3.62. The molecular formula is C14H17N3. The van der Waals surface area contributed by atoms with Crippen LogP contribution < -0.4 is 5.73 Å². The maximum Gasteiger partial charge on any atom is 0.0960 e. The van der Waals surface area contributed by atoms with Gasteiger partial charge in [0.15, 0.2) is 0 Å². The van der Waals surface area contributed by atoms with Crippen molar-refractivity contribution >= 4 is 5.69 Å². The first kappa shape index (κ1) is 10.4. The van der Waals surface area contributed by atoms with Gasteiger partial charge in [0.2, 0.25) is 0 Å². The number of nitrogens with two attached hydrogens (primary N) is 1. The van der Waals surface area contributed by atoms with E-state index in [9.17, 15) is 0 Å². The molecule has 0 amide bonds. The van der Waals surface area contributed by atoms with Crippen molar-refractivity contribution in [2.24, 2.45) is 7.05 Å². The van der Waals surface area contributed by atoms with E-state index >= 15 is 0 Å². The molecule has 0 saturated carbocycles. The zero-order chi connectivity index (χ0) is 12.0. The van der Waals surface area contributed by atoms with Crippen molar-refractivity contribution < 1.29 is 0 Å². The molecule has 2 aromatic rings. The molecule has 0 saturated heterocycles. The Balaban J connectivity index is 2.19. The minimum absolute atomic E-state index is 0.818. The zero-order valence-corrected chi connectivity index (χ0v) is 10.3. The second-order valence-electron chi connectivity index (χ2n) is 4.83. The van der Waals surface area contributed by atoms with Gasteiger partial charge in [-0.15, -0.1) is 0 Å². The number of rotatable bonds is 1. The van der Waals surface area contributed by atoms with E-state index in [2.05, 4.69) is 18.1 Å². The van der Waals surface area contributed by atoms with E-state index in [1.165, 1.54) is 28.8 Å². The highest BCUT2D eigenvalue weighted by molar-refractivity contribution is 5.70. The van der Waals surface area contributed by atoms with E-state index in [1.54, 1.807) is 0 Å². The first-order chi connectivity index (χ1) is 8.16. The topological polar surface area (TPSA) is 43.8 Å². The van der Waals surface area contributed by atoms with Crippen LogP contribution in [0, 0.1) is 6.92 Å². The smallest absolute Gasteiger partial charge is 0.0960 e. The highest BCUT2D eigenvalue weighted by atomic mass is 15.3. The molecule has 2 N–H and O–H groups in total. The largest absolute Gasteiger partial charge is 0.399 e. The molecule has 0 bridgehead atoms. The molecule has 1 aromatic carbocycles. The molecule has 1 aliphatic carbocycles. The van der Waals surface area contributed by atoms with Gasteiger partial charge in [0.1, 0.15) is 0 Å². The third kappa shape index (κ3) is 1.54. The van der Waals surface area contributed by atoms with Crippen LogP contribution in [0.1, 0.15) is 23.2 Å². The summed E-state index contributed by atoms with van der Waals surface area (Å²) in [5.74, 6) is 0. The molecule has 0 fully saturated rings. The van der Waals surface area contributed by atoms with E-state index in [0.29, 0.717) is 0 Å². The fourth-order valence-electron chi connectivity index (χ4n) is 2.78. The number of nitrogen functional groups attached to an aromatic ring is 1. The zero-order valence-electron chi connectivity index (χ0n) is 10.3. The quantitative estimate of drug-likeness (QED) is 0.760. The summed E-state index contributed by atoms with van der Waals surface area (Å²) in [5, 5.41) is 4.67. The lowest BCUT2D eigenvalue weighted by Crippen LogP contribution is -1.96. The molecule has 1 aliphatic rings. The van der Waals surface area contributed by atoms with Crippen molar-refractivity contribution in [3.8, 4) is 11.3 Å². The Morgan fingerprint density at radius 1 is 1.29 bits per heavy atom. The summed E-state index contributed by atoms with van der Waals surface area (Å²) < 4.78 is 2.04. The monoisotopic (exact) mass is 227 g/mol. The third-order valence-electron chi connectivity index (χ3n) is 3.62. The first-order valence-corrected chi connectivity index (χ1v) is 6.08. The minimum atomic E-state index is 0.818. The molecule has 0 spiro atoms. The van der Waals surface area contributed by atoms with E-state index in [0.717, 1.165) is 24.2 Å². The average Bonchev–Trinajstić information content (AvgIpc) is 2.84. The van der Waals surface area contributed by atoms with E-state index < -0.39 is 0 Å². The van der Waals surface area contributed by atoms with Gasteiger partial charge in [0.25, 0.3) is 0 Å². The van der Waals surface area contributed by atoms with Gasteiger partial charge in [0, 0.05) is 29.6 Å². The molecule has 0 radical (unpaired) electrons. The lowest BCUT2D eigenvalue weighted by atomic mass is 10.0. The lowest BCUT2D eigenvalue weighted by Gasteiger charge is -2.05. The number of fused-ring (bicyclic) bond motifs is 1. The van der Waals surface area contributed by atoms with Gasteiger partial charge in [0.05, 0.1) is 5.69 Å². The Hall–Kier alpha value is -1.77. The van der Waals surface area contributed by atoms with E-state index in [1.807, 2.05) is 23.9 Å². The standard InChI is InChI=1S/C14H17N3/c1-9-8-10(15)6-7-11(9)14-12-4-3-5-13(12)17(2)16-14/h6-8H,3-5,15H2,1-2H3. The molecule has 1 aromatic heterocycles. The predicted octanol–water partition coefficient (Wildman–Crippen LogP) is 2.47. The molecule has 88 valence electrons. The maximum absolute atomic E-state index is 5.80. The van der Waals surface area contributed by atoms with Crippen LogP contribution in [0.4, 0.5) is 5.69 Å². The van der Waals surface area contributed by atoms with Gasteiger partial charge >= 0.3 is 0 Å². The summed E-state index contributed by atoms with van der Waals surface area (Å²) in [7, 11) is 2.04. The van der Waals surface area contributed by atoms with Crippen LogP contribution >= 0.6 is 0 Å². The van der Waals surface area contributed by atoms with Crippen molar-refractivity contribution in [1.82, 2.24) is 9.78 Å². The van der Waals surface area contributed by atoms with Crippen molar-refractivity contribution in [2.75, 3.05) is 5.73 Å². The molecule has 3 heteroatoms. The normalized spacial score (nSPS) is 14.0. The van der Waals surface area contributed by atoms with Crippen LogP contribution in [0.3, 0.4) is 0 Å². The van der Waals surface area contributed by atoms with E-state index in [-0.39, 0.29) is 0 Å². The van der Waals surface area contributed by atoms with Crippen LogP contribution in [0.5, 0.6) is 0 Å². The number of benzene rings is 1.